The fourth-order valence-corrected chi connectivity index (χ4v) is 4.89. The summed E-state index contributed by atoms with van der Waals surface area (Å²) >= 11 is 5.64. The standard InChI is InChI=1S/C28H25F3N4O2S/c1-18-16-20(6-9-24(18)32-4)35-25(36)27(2,3)34(26(35)38)14-5-15-37-21-7-8-22(19-10-12-33-13-11-19)23(17-21)28(29,30)31/h6-13,16-17H,5,14-15H2,1-3H3. The van der Waals surface area contributed by atoms with Crippen molar-refractivity contribution in [2.24, 2.45) is 0 Å². The van der Waals surface area contributed by atoms with E-state index in [9.17, 15) is 18.0 Å². The molecule has 1 aliphatic heterocycles. The van der Waals surface area contributed by atoms with Crippen LogP contribution in [0.1, 0.15) is 31.4 Å². The smallest absolute Gasteiger partial charge is 0.417 e. The second-order valence-electron chi connectivity index (χ2n) is 9.36. The number of hydrogen-bond acceptors (Lipinski definition) is 4. The topological polar surface area (TPSA) is 50.0 Å². The molecule has 1 saturated heterocycles. The van der Waals surface area contributed by atoms with Crippen molar-refractivity contribution in [3.63, 3.8) is 0 Å². The van der Waals surface area contributed by atoms with Crippen molar-refractivity contribution < 1.29 is 22.7 Å². The number of pyridine rings is 1. The molecule has 1 amide bonds. The molecule has 0 atom stereocenters. The third-order valence-electron chi connectivity index (χ3n) is 6.47. The lowest BCUT2D eigenvalue weighted by molar-refractivity contribution is -0.137. The molecule has 0 N–H and O–H groups in total. The van der Waals surface area contributed by atoms with Crippen molar-refractivity contribution in [3.05, 3.63) is 83.5 Å². The Morgan fingerprint density at radius 2 is 1.82 bits per heavy atom. The molecular formula is C28H25F3N4O2S. The fourth-order valence-electron chi connectivity index (χ4n) is 4.39. The predicted molar refractivity (Wildman–Crippen MR) is 143 cm³/mol. The van der Waals surface area contributed by atoms with E-state index in [1.54, 1.807) is 43.9 Å². The molecule has 38 heavy (non-hydrogen) atoms. The summed E-state index contributed by atoms with van der Waals surface area (Å²) < 4.78 is 47.0. The van der Waals surface area contributed by atoms with Gasteiger partial charge in [0.25, 0.3) is 5.91 Å². The summed E-state index contributed by atoms with van der Waals surface area (Å²) in [5.74, 6) is -0.0913. The number of ether oxygens (including phenoxy) is 1. The summed E-state index contributed by atoms with van der Waals surface area (Å²) in [6.07, 6.45) is -1.24. The maximum atomic E-state index is 13.8. The van der Waals surface area contributed by atoms with Gasteiger partial charge in [0.15, 0.2) is 10.8 Å². The molecule has 0 bridgehead atoms. The lowest BCUT2D eigenvalue weighted by Gasteiger charge is -2.29. The van der Waals surface area contributed by atoms with Crippen LogP contribution in [-0.4, -0.2) is 39.6 Å². The van der Waals surface area contributed by atoms with Crippen molar-refractivity contribution in [2.45, 2.75) is 38.9 Å². The molecule has 10 heteroatoms. The van der Waals surface area contributed by atoms with E-state index in [2.05, 4.69) is 9.83 Å². The number of hydrogen-bond donors (Lipinski definition) is 0. The van der Waals surface area contributed by atoms with Gasteiger partial charge in [-0.3, -0.25) is 14.7 Å². The van der Waals surface area contributed by atoms with Gasteiger partial charge in [0, 0.05) is 24.6 Å². The number of aryl methyl sites for hydroxylation is 1. The number of nitrogens with zero attached hydrogens (tertiary/aromatic N) is 4. The molecule has 2 aromatic carbocycles. The third kappa shape index (κ3) is 5.20. The third-order valence-corrected chi connectivity index (χ3v) is 6.87. The largest absolute Gasteiger partial charge is 0.494 e. The molecule has 1 fully saturated rings. The van der Waals surface area contributed by atoms with Gasteiger partial charge in [-0.2, -0.15) is 13.2 Å². The minimum Gasteiger partial charge on any atom is -0.494 e. The van der Waals surface area contributed by atoms with Gasteiger partial charge in [0.2, 0.25) is 0 Å². The second kappa shape index (κ2) is 10.4. The van der Waals surface area contributed by atoms with Crippen LogP contribution in [-0.2, 0) is 11.0 Å². The number of anilines is 1. The number of benzene rings is 2. The van der Waals surface area contributed by atoms with E-state index in [1.165, 1.54) is 41.6 Å². The Morgan fingerprint density at radius 1 is 1.11 bits per heavy atom. The van der Waals surface area contributed by atoms with E-state index in [-0.39, 0.29) is 23.8 Å². The zero-order valence-corrected chi connectivity index (χ0v) is 21.9. The molecule has 196 valence electrons. The van der Waals surface area contributed by atoms with E-state index in [0.717, 1.165) is 11.6 Å². The van der Waals surface area contributed by atoms with E-state index in [4.69, 9.17) is 23.5 Å². The number of rotatable bonds is 7. The summed E-state index contributed by atoms with van der Waals surface area (Å²) in [5, 5.41) is 0.330. The SMILES string of the molecule is [C-]#[N+]c1ccc(N2C(=O)C(C)(C)N(CCCOc3ccc(-c4ccncc4)c(C(F)(F)F)c3)C2=S)cc1C. The van der Waals surface area contributed by atoms with Crippen molar-refractivity contribution in [3.8, 4) is 16.9 Å². The van der Waals surface area contributed by atoms with E-state index in [0.29, 0.717) is 35.0 Å². The number of carbonyl (C=O) groups is 1. The van der Waals surface area contributed by atoms with E-state index in [1.807, 2.05) is 0 Å². The second-order valence-corrected chi connectivity index (χ2v) is 9.72. The highest BCUT2D eigenvalue weighted by Gasteiger charge is 2.49. The van der Waals surface area contributed by atoms with Crippen molar-refractivity contribution in [2.75, 3.05) is 18.1 Å². The Bertz CT molecular complexity index is 1420. The molecule has 0 radical (unpaired) electrons. The highest BCUT2D eigenvalue weighted by molar-refractivity contribution is 7.80. The molecule has 0 spiro atoms. The van der Waals surface area contributed by atoms with Crippen LogP contribution in [0.25, 0.3) is 16.0 Å². The van der Waals surface area contributed by atoms with Gasteiger partial charge >= 0.3 is 6.18 Å². The summed E-state index contributed by atoms with van der Waals surface area (Å²) in [7, 11) is 0. The first-order chi connectivity index (χ1) is 17.9. The monoisotopic (exact) mass is 538 g/mol. The first-order valence-electron chi connectivity index (χ1n) is 11.8. The molecule has 4 rings (SSSR count). The van der Waals surface area contributed by atoms with Crippen molar-refractivity contribution in [1.82, 2.24) is 9.88 Å². The Labute approximate surface area is 224 Å². The molecular weight excluding hydrogens is 513 g/mol. The Balaban J connectivity index is 1.45. The summed E-state index contributed by atoms with van der Waals surface area (Å²) in [5.41, 5.74) is 0.591. The normalized spacial score (nSPS) is 15.1. The zero-order chi connectivity index (χ0) is 27.7. The van der Waals surface area contributed by atoms with Crippen LogP contribution in [0.3, 0.4) is 0 Å². The minimum atomic E-state index is -4.56. The first kappa shape index (κ1) is 27.1. The quantitative estimate of drug-likeness (QED) is 0.188. The molecule has 1 aliphatic rings. The Hall–Kier alpha value is -3.97. The molecule has 6 nitrogen and oxygen atoms in total. The van der Waals surface area contributed by atoms with Crippen molar-refractivity contribution >= 4 is 34.6 Å². The van der Waals surface area contributed by atoms with Crippen LogP contribution in [0.15, 0.2) is 60.9 Å². The Kier molecular flexibility index (Phi) is 7.42. The van der Waals surface area contributed by atoms with Crippen LogP contribution in [0.5, 0.6) is 5.75 Å². The molecule has 0 aliphatic carbocycles. The number of amides is 1. The maximum Gasteiger partial charge on any atom is 0.417 e. The van der Waals surface area contributed by atoms with Gasteiger partial charge in [0.1, 0.15) is 11.3 Å². The number of aromatic nitrogens is 1. The van der Waals surface area contributed by atoms with Gasteiger partial charge in [-0.05, 0) is 92.5 Å². The molecule has 2 heterocycles. The van der Waals surface area contributed by atoms with Gasteiger partial charge in [-0.1, -0.05) is 12.1 Å². The van der Waals surface area contributed by atoms with E-state index >= 15 is 0 Å². The number of thiocarbonyl (C=S) groups is 1. The number of alkyl halides is 3. The predicted octanol–water partition coefficient (Wildman–Crippen LogP) is 6.81. The lowest BCUT2D eigenvalue weighted by atomic mass is 10.00. The van der Waals surface area contributed by atoms with Crippen LogP contribution in [0, 0.1) is 13.5 Å². The highest BCUT2D eigenvalue weighted by Crippen LogP contribution is 2.39. The minimum absolute atomic E-state index is 0.0506. The summed E-state index contributed by atoms with van der Waals surface area (Å²) in [6, 6.07) is 12.1. The highest BCUT2D eigenvalue weighted by atomic mass is 32.1. The molecule has 0 unspecified atom stereocenters. The van der Waals surface area contributed by atoms with Crippen molar-refractivity contribution in [1.29, 1.82) is 0 Å². The molecule has 1 aromatic heterocycles. The number of halogens is 3. The van der Waals surface area contributed by atoms with E-state index < -0.39 is 17.3 Å². The van der Waals surface area contributed by atoms with Gasteiger partial charge < -0.3 is 9.64 Å². The van der Waals surface area contributed by atoms with Gasteiger partial charge in [-0.25, -0.2) is 4.85 Å². The average Bonchev–Trinajstić information content (AvgIpc) is 3.05. The van der Waals surface area contributed by atoms with Crippen LogP contribution in [0.4, 0.5) is 24.5 Å². The van der Waals surface area contributed by atoms with Gasteiger partial charge in [0.05, 0.1) is 18.7 Å². The first-order valence-corrected chi connectivity index (χ1v) is 12.2. The summed E-state index contributed by atoms with van der Waals surface area (Å²) in [6.45, 7) is 13.1. The molecule has 3 aromatic rings. The Morgan fingerprint density at radius 3 is 2.45 bits per heavy atom. The zero-order valence-electron chi connectivity index (χ0n) is 21.0. The van der Waals surface area contributed by atoms with Crippen LogP contribution >= 0.6 is 12.2 Å². The van der Waals surface area contributed by atoms with Crippen LogP contribution < -0.4 is 9.64 Å². The fraction of sp³-hybridized carbons (Fsp3) is 0.286. The van der Waals surface area contributed by atoms with Crippen LogP contribution in [0.2, 0.25) is 0 Å². The average molecular weight is 539 g/mol. The van der Waals surface area contributed by atoms with Gasteiger partial charge in [-0.15, -0.1) is 0 Å². The number of carbonyl (C=O) groups excluding carboxylic acids is 1. The lowest BCUT2D eigenvalue weighted by Crippen LogP contribution is -2.44. The maximum absolute atomic E-state index is 13.8. The molecule has 0 saturated carbocycles. The summed E-state index contributed by atoms with van der Waals surface area (Å²) in [4.78, 5) is 23.8.